The Labute approximate surface area is 147 Å². The number of amides is 1. The van der Waals surface area contributed by atoms with Crippen molar-refractivity contribution >= 4 is 5.91 Å². The number of nitrogens with zero attached hydrogens (tertiary/aromatic N) is 4. The predicted molar refractivity (Wildman–Crippen MR) is 96.5 cm³/mol. The average molecular weight is 337 g/mol. The monoisotopic (exact) mass is 337 g/mol. The van der Waals surface area contributed by atoms with Gasteiger partial charge >= 0.3 is 0 Å². The van der Waals surface area contributed by atoms with Crippen molar-refractivity contribution in [3.63, 3.8) is 0 Å². The van der Waals surface area contributed by atoms with Gasteiger partial charge in [-0.3, -0.25) is 9.48 Å². The molecule has 1 amide bonds. The van der Waals surface area contributed by atoms with Crippen molar-refractivity contribution in [3.05, 3.63) is 71.1 Å². The quantitative estimate of drug-likeness (QED) is 0.750. The van der Waals surface area contributed by atoms with Gasteiger partial charge in [0.05, 0.1) is 11.3 Å². The summed E-state index contributed by atoms with van der Waals surface area (Å²) in [6, 6.07) is 10.3. The molecule has 3 aromatic rings. The third kappa shape index (κ3) is 3.79. The number of carbonyl (C=O) groups is 1. The van der Waals surface area contributed by atoms with Gasteiger partial charge in [0.25, 0.3) is 5.91 Å². The molecule has 3 rings (SSSR count). The maximum Gasteiger partial charge on any atom is 0.255 e. The lowest BCUT2D eigenvalue weighted by Gasteiger charge is -2.09. The number of aryl methyl sites for hydroxylation is 2. The van der Waals surface area contributed by atoms with E-state index in [1.54, 1.807) is 10.9 Å². The van der Waals surface area contributed by atoms with E-state index in [0.29, 0.717) is 18.5 Å². The smallest absolute Gasteiger partial charge is 0.255 e. The van der Waals surface area contributed by atoms with Gasteiger partial charge in [-0.05, 0) is 19.4 Å². The molecule has 0 saturated carbocycles. The van der Waals surface area contributed by atoms with Crippen molar-refractivity contribution in [3.8, 4) is 0 Å². The minimum atomic E-state index is -0.0794. The summed E-state index contributed by atoms with van der Waals surface area (Å²) in [7, 11) is 1.85. The number of carbonyl (C=O) groups excluding carboxylic acids is 1. The van der Waals surface area contributed by atoms with Gasteiger partial charge < -0.3 is 9.88 Å². The Morgan fingerprint density at radius 2 is 1.96 bits per heavy atom. The van der Waals surface area contributed by atoms with Crippen LogP contribution in [0.3, 0.4) is 0 Å². The second-order valence-corrected chi connectivity index (χ2v) is 6.13. The third-order valence-corrected chi connectivity index (χ3v) is 4.37. The Balaban J connectivity index is 1.60. The van der Waals surface area contributed by atoms with Gasteiger partial charge in [0, 0.05) is 44.6 Å². The van der Waals surface area contributed by atoms with Crippen LogP contribution in [0.15, 0.2) is 42.7 Å². The first-order chi connectivity index (χ1) is 12.1. The van der Waals surface area contributed by atoms with E-state index in [4.69, 9.17) is 0 Å². The van der Waals surface area contributed by atoms with Crippen molar-refractivity contribution in [1.82, 2.24) is 24.6 Å². The summed E-state index contributed by atoms with van der Waals surface area (Å²) >= 11 is 0. The molecule has 0 aliphatic heterocycles. The minimum Gasteiger partial charge on any atom is -0.351 e. The molecule has 0 atom stereocenters. The van der Waals surface area contributed by atoms with Crippen LogP contribution in [-0.2, 0) is 20.0 Å². The number of hydrogen-bond donors (Lipinski definition) is 1. The Kier molecular flexibility index (Phi) is 4.97. The number of nitrogens with one attached hydrogen (secondary N) is 1. The summed E-state index contributed by atoms with van der Waals surface area (Å²) in [5.41, 5.74) is 3.52. The van der Waals surface area contributed by atoms with E-state index in [1.807, 2.05) is 45.3 Å². The lowest BCUT2D eigenvalue weighted by atomic mass is 10.2. The van der Waals surface area contributed by atoms with Gasteiger partial charge in [0.1, 0.15) is 5.82 Å². The Morgan fingerprint density at radius 3 is 2.64 bits per heavy atom. The van der Waals surface area contributed by atoms with Crippen molar-refractivity contribution in [2.24, 2.45) is 7.05 Å². The van der Waals surface area contributed by atoms with E-state index in [2.05, 4.69) is 32.1 Å². The second kappa shape index (κ2) is 7.34. The molecule has 130 valence electrons. The number of rotatable bonds is 6. The molecule has 1 N–H and O–H groups in total. The molecule has 1 aromatic carbocycles. The molecule has 2 heterocycles. The molecule has 0 spiro atoms. The van der Waals surface area contributed by atoms with Crippen LogP contribution in [0.4, 0.5) is 0 Å². The van der Waals surface area contributed by atoms with Crippen LogP contribution < -0.4 is 5.32 Å². The van der Waals surface area contributed by atoms with E-state index in [9.17, 15) is 4.79 Å². The summed E-state index contributed by atoms with van der Waals surface area (Å²) in [6.45, 7) is 5.08. The van der Waals surface area contributed by atoms with Crippen LogP contribution in [0.1, 0.15) is 33.1 Å². The molecule has 2 aromatic heterocycles. The molecule has 6 nitrogen and oxygen atoms in total. The van der Waals surface area contributed by atoms with Crippen LogP contribution >= 0.6 is 0 Å². The molecule has 0 unspecified atom stereocenters. The van der Waals surface area contributed by atoms with Gasteiger partial charge in [-0.15, -0.1) is 0 Å². The van der Waals surface area contributed by atoms with Crippen molar-refractivity contribution < 1.29 is 4.79 Å². The first-order valence-corrected chi connectivity index (χ1v) is 8.38. The molecular formula is C19H23N5O. The standard InChI is InChI=1S/C19H23N5O/c1-14-18(15(2)23(3)22-14)19(25)21-10-9-17-20-11-12-24(17)13-16-7-5-4-6-8-16/h4-8,11-12H,9-10,13H2,1-3H3,(H,21,25). The lowest BCUT2D eigenvalue weighted by Crippen LogP contribution is -2.27. The SMILES string of the molecule is Cc1nn(C)c(C)c1C(=O)NCCc1nccn1Cc1ccccc1. The van der Waals surface area contributed by atoms with Crippen LogP contribution in [0, 0.1) is 13.8 Å². The van der Waals surface area contributed by atoms with Crippen LogP contribution in [-0.4, -0.2) is 31.8 Å². The van der Waals surface area contributed by atoms with Gasteiger partial charge in [-0.1, -0.05) is 30.3 Å². The fourth-order valence-electron chi connectivity index (χ4n) is 2.97. The van der Waals surface area contributed by atoms with E-state index >= 15 is 0 Å². The minimum absolute atomic E-state index is 0.0794. The fourth-order valence-corrected chi connectivity index (χ4v) is 2.97. The van der Waals surface area contributed by atoms with E-state index in [1.165, 1.54) is 5.56 Å². The van der Waals surface area contributed by atoms with Crippen molar-refractivity contribution in [2.45, 2.75) is 26.8 Å². The van der Waals surface area contributed by atoms with Crippen molar-refractivity contribution in [2.75, 3.05) is 6.54 Å². The Morgan fingerprint density at radius 1 is 1.20 bits per heavy atom. The third-order valence-electron chi connectivity index (χ3n) is 4.37. The van der Waals surface area contributed by atoms with Gasteiger partial charge in [0.2, 0.25) is 0 Å². The molecular weight excluding hydrogens is 314 g/mol. The Bertz CT molecular complexity index is 863. The molecule has 25 heavy (non-hydrogen) atoms. The number of benzene rings is 1. The summed E-state index contributed by atoms with van der Waals surface area (Å²) in [5, 5.41) is 7.27. The number of imidazole rings is 1. The predicted octanol–water partition coefficient (Wildman–Crippen LogP) is 2.25. The molecule has 0 fully saturated rings. The summed E-state index contributed by atoms with van der Waals surface area (Å²) in [4.78, 5) is 16.8. The molecule has 0 aliphatic carbocycles. The summed E-state index contributed by atoms with van der Waals surface area (Å²) in [5.74, 6) is 0.882. The normalized spacial score (nSPS) is 10.8. The van der Waals surface area contributed by atoms with Crippen LogP contribution in [0.25, 0.3) is 0 Å². The maximum absolute atomic E-state index is 12.4. The summed E-state index contributed by atoms with van der Waals surface area (Å²) in [6.07, 6.45) is 4.46. The highest BCUT2D eigenvalue weighted by Crippen LogP contribution is 2.11. The van der Waals surface area contributed by atoms with E-state index in [-0.39, 0.29) is 5.91 Å². The molecule has 6 heteroatoms. The molecule has 0 saturated heterocycles. The molecule has 0 radical (unpaired) electrons. The number of aromatic nitrogens is 4. The van der Waals surface area contributed by atoms with Gasteiger partial charge in [0.15, 0.2) is 0 Å². The fraction of sp³-hybridized carbons (Fsp3) is 0.316. The first kappa shape index (κ1) is 17.0. The van der Waals surface area contributed by atoms with Gasteiger partial charge in [-0.25, -0.2) is 4.98 Å². The molecule has 0 bridgehead atoms. The summed E-state index contributed by atoms with van der Waals surface area (Å²) < 4.78 is 3.85. The maximum atomic E-state index is 12.4. The highest BCUT2D eigenvalue weighted by Gasteiger charge is 2.17. The number of hydrogen-bond acceptors (Lipinski definition) is 3. The topological polar surface area (TPSA) is 64.7 Å². The van der Waals surface area contributed by atoms with Crippen LogP contribution in [0.2, 0.25) is 0 Å². The first-order valence-electron chi connectivity index (χ1n) is 8.38. The zero-order valence-electron chi connectivity index (χ0n) is 14.9. The van der Waals surface area contributed by atoms with E-state index in [0.717, 1.165) is 23.8 Å². The van der Waals surface area contributed by atoms with Gasteiger partial charge in [-0.2, -0.15) is 5.10 Å². The largest absolute Gasteiger partial charge is 0.351 e. The highest BCUT2D eigenvalue weighted by atomic mass is 16.1. The van der Waals surface area contributed by atoms with Crippen LogP contribution in [0.5, 0.6) is 0 Å². The van der Waals surface area contributed by atoms with Crippen molar-refractivity contribution in [1.29, 1.82) is 0 Å². The van der Waals surface area contributed by atoms with E-state index < -0.39 is 0 Å². The zero-order valence-corrected chi connectivity index (χ0v) is 14.9. The lowest BCUT2D eigenvalue weighted by molar-refractivity contribution is 0.0952. The zero-order chi connectivity index (χ0) is 17.8. The highest BCUT2D eigenvalue weighted by molar-refractivity contribution is 5.96. The second-order valence-electron chi connectivity index (χ2n) is 6.13. The Hall–Kier alpha value is -2.89. The molecule has 0 aliphatic rings. The average Bonchev–Trinajstić information content (AvgIpc) is 3.13.